The van der Waals surface area contributed by atoms with E-state index in [1.165, 1.54) is 0 Å². The molecule has 1 heterocycles. The number of carbonyl (C=O) groups is 2. The number of ketones is 1. The second-order valence-corrected chi connectivity index (χ2v) is 5.34. The number of carbonyl (C=O) groups excluding carboxylic acids is 2. The Kier molecular flexibility index (Phi) is 4.90. The van der Waals surface area contributed by atoms with Gasteiger partial charge in [0.25, 0.3) is 0 Å². The molecule has 1 aromatic heterocycles. The molecule has 0 saturated carbocycles. The van der Waals surface area contributed by atoms with E-state index in [1.54, 1.807) is 61.5 Å². The van der Waals surface area contributed by atoms with Crippen molar-refractivity contribution >= 4 is 11.8 Å². The highest BCUT2D eigenvalue weighted by Gasteiger charge is 2.28. The van der Waals surface area contributed by atoms with Crippen LogP contribution in [0.4, 0.5) is 0 Å². The molecule has 0 bridgehead atoms. The van der Waals surface area contributed by atoms with Crippen LogP contribution in [0.5, 0.6) is 0 Å². The zero-order chi connectivity index (χ0) is 18.5. The average Bonchev–Trinajstić information content (AvgIpc) is 3.13. The van der Waals surface area contributed by atoms with E-state index in [2.05, 4.69) is 5.16 Å². The minimum Gasteiger partial charge on any atom is -0.461 e. The number of benzene rings is 2. The largest absolute Gasteiger partial charge is 0.461 e. The Balaban J connectivity index is 2.14. The quantitative estimate of drug-likeness (QED) is 0.517. The Morgan fingerprint density at radius 2 is 1.81 bits per heavy atom. The molecule has 0 radical (unpaired) electrons. The van der Waals surface area contributed by atoms with Crippen molar-refractivity contribution < 1.29 is 18.8 Å². The predicted molar refractivity (Wildman–Crippen MR) is 92.5 cm³/mol. The van der Waals surface area contributed by atoms with Crippen molar-refractivity contribution in [3.8, 4) is 17.2 Å². The van der Waals surface area contributed by atoms with Gasteiger partial charge in [0, 0.05) is 5.56 Å². The molecule has 0 amide bonds. The maximum absolute atomic E-state index is 12.8. The molecule has 26 heavy (non-hydrogen) atoms. The van der Waals surface area contributed by atoms with E-state index in [0.717, 1.165) is 0 Å². The molecule has 0 saturated heterocycles. The summed E-state index contributed by atoms with van der Waals surface area (Å²) in [6.07, 6.45) is 0. The van der Waals surface area contributed by atoms with Gasteiger partial charge >= 0.3 is 5.97 Å². The zero-order valence-electron chi connectivity index (χ0n) is 13.9. The Labute approximate surface area is 149 Å². The second-order valence-electron chi connectivity index (χ2n) is 5.34. The van der Waals surface area contributed by atoms with Crippen molar-refractivity contribution in [1.29, 1.82) is 5.26 Å². The summed E-state index contributed by atoms with van der Waals surface area (Å²) in [5.74, 6) is -1.13. The van der Waals surface area contributed by atoms with Crippen molar-refractivity contribution in [2.45, 2.75) is 6.92 Å². The monoisotopic (exact) mass is 346 g/mol. The molecule has 0 N–H and O–H groups in total. The SMILES string of the molecule is CCOC(=O)c1noc(C(=O)c2ccccc2)c1-c1ccc(C#N)cc1. The Hall–Kier alpha value is -3.72. The minimum absolute atomic E-state index is 0.0519. The van der Waals surface area contributed by atoms with Crippen LogP contribution >= 0.6 is 0 Å². The molecule has 6 heteroatoms. The maximum atomic E-state index is 12.8. The number of aromatic nitrogens is 1. The molecule has 0 unspecified atom stereocenters. The molecule has 128 valence electrons. The van der Waals surface area contributed by atoms with Crippen LogP contribution in [0.15, 0.2) is 59.1 Å². The van der Waals surface area contributed by atoms with Gasteiger partial charge in [-0.05, 0) is 24.6 Å². The Morgan fingerprint density at radius 3 is 2.42 bits per heavy atom. The van der Waals surface area contributed by atoms with Crippen molar-refractivity contribution in [1.82, 2.24) is 5.16 Å². The van der Waals surface area contributed by atoms with Gasteiger partial charge in [-0.2, -0.15) is 5.26 Å². The van der Waals surface area contributed by atoms with E-state index in [0.29, 0.717) is 16.7 Å². The van der Waals surface area contributed by atoms with Crippen molar-refractivity contribution in [3.63, 3.8) is 0 Å². The number of hydrogen-bond donors (Lipinski definition) is 0. The van der Waals surface area contributed by atoms with E-state index in [4.69, 9.17) is 14.5 Å². The highest BCUT2D eigenvalue weighted by atomic mass is 16.5. The summed E-state index contributed by atoms with van der Waals surface area (Å²) in [6.45, 7) is 1.84. The Morgan fingerprint density at radius 1 is 1.12 bits per heavy atom. The summed E-state index contributed by atoms with van der Waals surface area (Å²) in [4.78, 5) is 25.0. The van der Waals surface area contributed by atoms with Gasteiger partial charge in [0.2, 0.25) is 11.5 Å². The summed E-state index contributed by atoms with van der Waals surface area (Å²) in [7, 11) is 0. The fourth-order valence-electron chi connectivity index (χ4n) is 2.48. The lowest BCUT2D eigenvalue weighted by atomic mass is 9.98. The van der Waals surface area contributed by atoms with Crippen molar-refractivity contribution in [3.05, 3.63) is 77.2 Å². The summed E-state index contributed by atoms with van der Waals surface area (Å²) >= 11 is 0. The topological polar surface area (TPSA) is 93.2 Å². The van der Waals surface area contributed by atoms with Crippen LogP contribution in [0, 0.1) is 11.3 Å². The molecule has 0 spiro atoms. The molecule has 0 aliphatic rings. The van der Waals surface area contributed by atoms with Crippen molar-refractivity contribution in [2.24, 2.45) is 0 Å². The highest BCUT2D eigenvalue weighted by molar-refractivity contribution is 6.13. The molecule has 0 aliphatic heterocycles. The third kappa shape index (κ3) is 3.23. The van der Waals surface area contributed by atoms with Gasteiger partial charge in [-0.3, -0.25) is 4.79 Å². The summed E-state index contributed by atoms with van der Waals surface area (Å²) in [6, 6.07) is 17.0. The highest BCUT2D eigenvalue weighted by Crippen LogP contribution is 2.30. The fraction of sp³-hybridized carbons (Fsp3) is 0.100. The Bertz CT molecular complexity index is 983. The van der Waals surface area contributed by atoms with Gasteiger partial charge in [0.15, 0.2) is 5.69 Å². The van der Waals surface area contributed by atoms with Crippen LogP contribution in [0.1, 0.15) is 39.1 Å². The van der Waals surface area contributed by atoms with Crippen LogP contribution in [0.3, 0.4) is 0 Å². The van der Waals surface area contributed by atoms with Gasteiger partial charge in [-0.15, -0.1) is 0 Å². The molecular formula is C20H14N2O4. The minimum atomic E-state index is -0.678. The van der Waals surface area contributed by atoms with Gasteiger partial charge in [-0.25, -0.2) is 4.79 Å². The zero-order valence-corrected chi connectivity index (χ0v) is 13.9. The molecule has 0 fully saturated rings. The van der Waals surface area contributed by atoms with Gasteiger partial charge in [0.05, 0.1) is 23.8 Å². The molecule has 0 aliphatic carbocycles. The molecule has 3 rings (SSSR count). The van der Waals surface area contributed by atoms with Crippen molar-refractivity contribution in [2.75, 3.05) is 6.61 Å². The first-order valence-corrected chi connectivity index (χ1v) is 7.92. The fourth-order valence-corrected chi connectivity index (χ4v) is 2.48. The molecule has 6 nitrogen and oxygen atoms in total. The van der Waals surface area contributed by atoms with E-state index < -0.39 is 11.8 Å². The first-order chi connectivity index (χ1) is 12.7. The molecule has 3 aromatic rings. The maximum Gasteiger partial charge on any atom is 0.361 e. The van der Waals surface area contributed by atoms with Gasteiger partial charge < -0.3 is 9.26 Å². The third-order valence-electron chi connectivity index (χ3n) is 3.71. The average molecular weight is 346 g/mol. The molecule has 0 atom stereocenters. The lowest BCUT2D eigenvalue weighted by molar-refractivity contribution is 0.0515. The molecule has 2 aromatic carbocycles. The van der Waals surface area contributed by atoms with E-state index >= 15 is 0 Å². The first kappa shape index (κ1) is 17.1. The summed E-state index contributed by atoms with van der Waals surface area (Å²) < 4.78 is 10.2. The number of esters is 1. The first-order valence-electron chi connectivity index (χ1n) is 7.92. The lowest BCUT2D eigenvalue weighted by Gasteiger charge is -2.04. The molecular weight excluding hydrogens is 332 g/mol. The standard InChI is InChI=1S/C20H14N2O4/c1-2-25-20(24)17-16(14-10-8-13(12-21)9-11-14)19(26-22-17)18(23)15-6-4-3-5-7-15/h3-11H,2H2,1H3. The lowest BCUT2D eigenvalue weighted by Crippen LogP contribution is -2.08. The normalized spacial score (nSPS) is 10.2. The predicted octanol–water partition coefficient (Wildman–Crippen LogP) is 3.62. The van der Waals surface area contributed by atoms with E-state index in [9.17, 15) is 9.59 Å². The van der Waals surface area contributed by atoms with Crippen LogP contribution in [0.2, 0.25) is 0 Å². The second kappa shape index (κ2) is 7.45. The van der Waals surface area contributed by atoms with E-state index in [1.807, 2.05) is 6.07 Å². The van der Waals surface area contributed by atoms with Gasteiger partial charge in [-0.1, -0.05) is 47.6 Å². The number of rotatable bonds is 5. The number of nitriles is 1. The summed E-state index contributed by atoms with van der Waals surface area (Å²) in [5, 5.41) is 12.7. The number of nitrogens with zero attached hydrogens (tertiary/aromatic N) is 2. The smallest absolute Gasteiger partial charge is 0.361 e. The van der Waals surface area contributed by atoms with E-state index in [-0.39, 0.29) is 23.6 Å². The van der Waals surface area contributed by atoms with Crippen LogP contribution in [0.25, 0.3) is 11.1 Å². The summed E-state index contributed by atoms with van der Waals surface area (Å²) in [5.41, 5.74) is 1.58. The third-order valence-corrected chi connectivity index (χ3v) is 3.71. The van der Waals surface area contributed by atoms with Crippen LogP contribution < -0.4 is 0 Å². The number of ether oxygens (including phenoxy) is 1. The van der Waals surface area contributed by atoms with Crippen LogP contribution in [-0.2, 0) is 4.74 Å². The van der Waals surface area contributed by atoms with Crippen LogP contribution in [-0.4, -0.2) is 23.5 Å². The number of hydrogen-bond acceptors (Lipinski definition) is 6. The van der Waals surface area contributed by atoms with Gasteiger partial charge in [0.1, 0.15) is 0 Å².